The van der Waals surface area contributed by atoms with Gasteiger partial charge in [0.25, 0.3) is 0 Å². The van der Waals surface area contributed by atoms with Crippen LogP contribution in [0.2, 0.25) is 0 Å². The Labute approximate surface area is 202 Å². The van der Waals surface area contributed by atoms with Gasteiger partial charge in [0.1, 0.15) is 17.9 Å². The van der Waals surface area contributed by atoms with Gasteiger partial charge in [-0.15, -0.1) is 10.2 Å². The number of aliphatic hydroxyl groups is 1. The third kappa shape index (κ3) is 5.00. The molecular weight excluding hydrogens is 451 g/mol. The normalized spacial score (nSPS) is 16.8. The first-order valence-electron chi connectivity index (χ1n) is 11.5. The highest BCUT2D eigenvalue weighted by Gasteiger charge is 2.21. The van der Waals surface area contributed by atoms with E-state index >= 15 is 0 Å². The standard InChI is InChI=1S/C26H27FN4O2S/c27-22-12-3-4-13-23(22)31-24(29-30-26(31)34-17-19-9-6-16-33-19)14-15-28-25(32)21-11-5-8-18-7-1-2-10-20(18)21/h1-5,7-8,10-13,19,25,28,32H,6,9,14-17H2/t19-,25?/m0/s1. The Morgan fingerprint density at radius 2 is 1.91 bits per heavy atom. The van der Waals surface area contributed by atoms with E-state index in [4.69, 9.17) is 4.74 Å². The van der Waals surface area contributed by atoms with Crippen LogP contribution in [0.4, 0.5) is 4.39 Å². The predicted molar refractivity (Wildman–Crippen MR) is 132 cm³/mol. The van der Waals surface area contributed by atoms with E-state index in [0.29, 0.717) is 29.6 Å². The number of thioether (sulfide) groups is 1. The maximum Gasteiger partial charge on any atom is 0.196 e. The lowest BCUT2D eigenvalue weighted by molar-refractivity contribution is 0.129. The van der Waals surface area contributed by atoms with Crippen LogP contribution in [0, 0.1) is 5.82 Å². The summed E-state index contributed by atoms with van der Waals surface area (Å²) >= 11 is 1.53. The van der Waals surface area contributed by atoms with E-state index in [1.54, 1.807) is 22.8 Å². The Balaban J connectivity index is 1.32. The maximum absolute atomic E-state index is 14.7. The van der Waals surface area contributed by atoms with Crippen molar-refractivity contribution in [2.24, 2.45) is 0 Å². The van der Waals surface area contributed by atoms with Crippen molar-refractivity contribution in [3.8, 4) is 5.69 Å². The van der Waals surface area contributed by atoms with Gasteiger partial charge < -0.3 is 9.84 Å². The molecule has 2 atom stereocenters. The monoisotopic (exact) mass is 478 g/mol. The average molecular weight is 479 g/mol. The molecule has 0 aliphatic carbocycles. The van der Waals surface area contributed by atoms with E-state index in [-0.39, 0.29) is 11.9 Å². The lowest BCUT2D eigenvalue weighted by Crippen LogP contribution is -2.24. The lowest BCUT2D eigenvalue weighted by atomic mass is 10.0. The minimum atomic E-state index is -0.829. The van der Waals surface area contributed by atoms with Gasteiger partial charge in [-0.05, 0) is 35.7 Å². The molecule has 1 unspecified atom stereocenters. The number of hydrogen-bond donors (Lipinski definition) is 2. The van der Waals surface area contributed by atoms with Crippen LogP contribution in [0.3, 0.4) is 0 Å². The van der Waals surface area contributed by atoms with Crippen molar-refractivity contribution in [2.75, 3.05) is 18.9 Å². The molecule has 1 aliphatic heterocycles. The highest BCUT2D eigenvalue weighted by atomic mass is 32.2. The summed E-state index contributed by atoms with van der Waals surface area (Å²) in [5, 5.41) is 25.4. The summed E-state index contributed by atoms with van der Waals surface area (Å²) in [5.74, 6) is 1.06. The fourth-order valence-electron chi connectivity index (χ4n) is 4.29. The molecular formula is C26H27FN4O2S. The van der Waals surface area contributed by atoms with Gasteiger partial charge in [-0.3, -0.25) is 9.88 Å². The summed E-state index contributed by atoms with van der Waals surface area (Å²) in [4.78, 5) is 0. The van der Waals surface area contributed by atoms with Crippen LogP contribution in [0.15, 0.2) is 71.9 Å². The second-order valence-corrected chi connectivity index (χ2v) is 9.29. The molecule has 3 aromatic carbocycles. The van der Waals surface area contributed by atoms with E-state index in [1.165, 1.54) is 17.8 Å². The van der Waals surface area contributed by atoms with Gasteiger partial charge in [-0.25, -0.2) is 4.39 Å². The summed E-state index contributed by atoms with van der Waals surface area (Å²) in [6.07, 6.45) is 1.94. The molecule has 1 saturated heterocycles. The van der Waals surface area contributed by atoms with Crippen molar-refractivity contribution < 1.29 is 14.2 Å². The van der Waals surface area contributed by atoms with E-state index < -0.39 is 6.23 Å². The number of nitrogens with one attached hydrogen (secondary N) is 1. The van der Waals surface area contributed by atoms with Gasteiger partial charge in [0.15, 0.2) is 5.16 Å². The smallest absolute Gasteiger partial charge is 0.196 e. The molecule has 8 heteroatoms. The second kappa shape index (κ2) is 10.7. The fraction of sp³-hybridized carbons (Fsp3) is 0.308. The molecule has 176 valence electrons. The van der Waals surface area contributed by atoms with E-state index in [9.17, 15) is 9.50 Å². The molecule has 0 radical (unpaired) electrons. The molecule has 2 heterocycles. The topological polar surface area (TPSA) is 72.2 Å². The number of benzene rings is 3. The average Bonchev–Trinajstić information content (AvgIpc) is 3.53. The van der Waals surface area contributed by atoms with Crippen LogP contribution in [-0.4, -0.2) is 44.9 Å². The SMILES string of the molecule is OC(NCCc1nnc(SC[C@@H]2CCCO2)n1-c1ccccc1F)c1cccc2ccccc12. The molecule has 2 N–H and O–H groups in total. The van der Waals surface area contributed by atoms with Gasteiger partial charge in [-0.1, -0.05) is 66.4 Å². The number of para-hydroxylation sites is 1. The Morgan fingerprint density at radius 1 is 1.09 bits per heavy atom. The first-order chi connectivity index (χ1) is 16.7. The van der Waals surface area contributed by atoms with Crippen molar-refractivity contribution in [3.63, 3.8) is 0 Å². The molecule has 5 rings (SSSR count). The Morgan fingerprint density at radius 3 is 2.76 bits per heavy atom. The Kier molecular flexibility index (Phi) is 7.20. The first kappa shape index (κ1) is 23.0. The van der Waals surface area contributed by atoms with Gasteiger partial charge in [0.2, 0.25) is 0 Å². The van der Waals surface area contributed by atoms with Crippen LogP contribution in [-0.2, 0) is 11.2 Å². The maximum atomic E-state index is 14.7. The summed E-state index contributed by atoms with van der Waals surface area (Å²) in [5.41, 5.74) is 1.24. The minimum Gasteiger partial charge on any atom is -0.377 e. The van der Waals surface area contributed by atoms with Gasteiger partial charge >= 0.3 is 0 Å². The van der Waals surface area contributed by atoms with Crippen molar-refractivity contribution in [1.29, 1.82) is 0 Å². The number of aliphatic hydroxyl groups excluding tert-OH is 1. The van der Waals surface area contributed by atoms with Crippen molar-refractivity contribution >= 4 is 22.5 Å². The predicted octanol–water partition coefficient (Wildman–Crippen LogP) is 4.65. The third-order valence-corrected chi connectivity index (χ3v) is 7.08. The number of rotatable bonds is 9. The molecule has 34 heavy (non-hydrogen) atoms. The number of aromatic nitrogens is 3. The number of ether oxygens (including phenoxy) is 1. The molecule has 4 aromatic rings. The number of halogens is 1. The van der Waals surface area contributed by atoms with Gasteiger partial charge in [0, 0.05) is 30.9 Å². The molecule has 0 saturated carbocycles. The van der Waals surface area contributed by atoms with Crippen molar-refractivity contribution in [3.05, 3.63) is 83.9 Å². The van der Waals surface area contributed by atoms with Gasteiger partial charge in [0.05, 0.1) is 11.8 Å². The summed E-state index contributed by atoms with van der Waals surface area (Å²) in [6.45, 7) is 1.24. The Bertz CT molecular complexity index is 1250. The van der Waals surface area contributed by atoms with E-state index in [2.05, 4.69) is 15.5 Å². The molecule has 1 aliphatic rings. The highest BCUT2D eigenvalue weighted by molar-refractivity contribution is 7.99. The van der Waals surface area contributed by atoms with Crippen molar-refractivity contribution in [2.45, 2.75) is 36.8 Å². The molecule has 0 bridgehead atoms. The minimum absolute atomic E-state index is 0.191. The molecule has 0 amide bonds. The molecule has 6 nitrogen and oxygen atoms in total. The van der Waals surface area contributed by atoms with Crippen LogP contribution in [0.1, 0.15) is 30.5 Å². The zero-order chi connectivity index (χ0) is 23.3. The first-order valence-corrected chi connectivity index (χ1v) is 12.5. The van der Waals surface area contributed by atoms with Crippen LogP contribution in [0.5, 0.6) is 0 Å². The lowest BCUT2D eigenvalue weighted by Gasteiger charge is -2.16. The molecule has 1 fully saturated rings. The zero-order valence-corrected chi connectivity index (χ0v) is 19.5. The number of fused-ring (bicyclic) bond motifs is 1. The fourth-order valence-corrected chi connectivity index (χ4v) is 5.32. The van der Waals surface area contributed by atoms with Crippen molar-refractivity contribution in [1.82, 2.24) is 20.1 Å². The Hall–Kier alpha value is -2.78. The third-order valence-electron chi connectivity index (χ3n) is 6.02. The largest absolute Gasteiger partial charge is 0.377 e. The second-order valence-electron chi connectivity index (χ2n) is 8.31. The number of hydrogen-bond acceptors (Lipinski definition) is 6. The number of nitrogens with zero attached hydrogens (tertiary/aromatic N) is 3. The van der Waals surface area contributed by atoms with Gasteiger partial charge in [-0.2, -0.15) is 0 Å². The van der Waals surface area contributed by atoms with E-state index in [1.807, 2.05) is 42.5 Å². The summed E-state index contributed by atoms with van der Waals surface area (Å²) in [6, 6.07) is 20.5. The van der Waals surface area contributed by atoms with Crippen LogP contribution in [0.25, 0.3) is 16.5 Å². The van der Waals surface area contributed by atoms with Crippen LogP contribution < -0.4 is 5.32 Å². The quantitative estimate of drug-likeness (QED) is 0.269. The molecule has 1 aromatic heterocycles. The summed E-state index contributed by atoms with van der Waals surface area (Å²) in [7, 11) is 0. The van der Waals surface area contributed by atoms with Crippen LogP contribution >= 0.6 is 11.8 Å². The van der Waals surface area contributed by atoms with E-state index in [0.717, 1.165) is 41.5 Å². The molecule has 0 spiro atoms. The summed E-state index contributed by atoms with van der Waals surface area (Å²) < 4.78 is 22.2. The zero-order valence-electron chi connectivity index (χ0n) is 18.7. The highest BCUT2D eigenvalue weighted by Crippen LogP contribution is 2.27.